The van der Waals surface area contributed by atoms with Gasteiger partial charge in [-0.3, -0.25) is 4.99 Å². The Hall–Kier alpha value is -0.0800. The Morgan fingerprint density at radius 1 is 1.14 bits per heavy atom. The molecule has 4 saturated heterocycles. The molecule has 0 spiro atoms. The molecule has 0 aliphatic carbocycles. The van der Waals surface area contributed by atoms with Gasteiger partial charge in [-0.1, -0.05) is 0 Å². The number of fused-ring (bicyclic) bond motifs is 5. The lowest BCUT2D eigenvalue weighted by atomic mass is 9.82. The first-order chi connectivity index (χ1) is 10.3. The molecule has 2 bridgehead atoms. The van der Waals surface area contributed by atoms with Gasteiger partial charge in [-0.05, 0) is 32.1 Å². The van der Waals surface area contributed by atoms with Gasteiger partial charge in [0, 0.05) is 45.1 Å². The molecule has 5 atom stereocenters. The van der Waals surface area contributed by atoms with Crippen LogP contribution in [0, 0.1) is 11.8 Å². The van der Waals surface area contributed by atoms with Gasteiger partial charge >= 0.3 is 0 Å². The van der Waals surface area contributed by atoms with Gasteiger partial charge < -0.3 is 19.7 Å². The third-order valence-electron chi connectivity index (χ3n) is 5.73. The fraction of sp³-hybridized carbons (Fsp3) is 0.938. The summed E-state index contributed by atoms with van der Waals surface area (Å²) in [6.07, 6.45) is 7.60. The molecule has 5 nitrogen and oxygen atoms in total. The minimum atomic E-state index is 0. The van der Waals surface area contributed by atoms with E-state index in [-0.39, 0.29) is 24.0 Å². The maximum Gasteiger partial charge on any atom is 0.193 e. The molecular weight excluding hydrogens is 393 g/mol. The number of ether oxygens (including phenoxy) is 2. The summed E-state index contributed by atoms with van der Waals surface area (Å²) < 4.78 is 11.8. The Morgan fingerprint density at radius 2 is 1.86 bits per heavy atom. The van der Waals surface area contributed by atoms with Gasteiger partial charge in [-0.25, -0.2) is 0 Å². The number of hydrogen-bond donors (Lipinski definition) is 1. The monoisotopic (exact) mass is 421 g/mol. The van der Waals surface area contributed by atoms with Crippen molar-refractivity contribution in [2.24, 2.45) is 16.8 Å². The summed E-state index contributed by atoms with van der Waals surface area (Å²) >= 11 is 0. The van der Waals surface area contributed by atoms with Crippen molar-refractivity contribution < 1.29 is 9.47 Å². The number of halogens is 1. The molecule has 5 unspecified atom stereocenters. The van der Waals surface area contributed by atoms with E-state index in [1.54, 1.807) is 0 Å². The van der Waals surface area contributed by atoms with E-state index in [1.165, 1.54) is 32.1 Å². The molecule has 4 aliphatic rings. The summed E-state index contributed by atoms with van der Waals surface area (Å²) in [7, 11) is 1.89. The first-order valence-electron chi connectivity index (χ1n) is 8.58. The van der Waals surface area contributed by atoms with Gasteiger partial charge in [0.05, 0.1) is 18.3 Å². The quantitative estimate of drug-likeness (QED) is 0.420. The first-order valence-corrected chi connectivity index (χ1v) is 8.58. The molecule has 0 saturated carbocycles. The van der Waals surface area contributed by atoms with Crippen LogP contribution in [0.5, 0.6) is 0 Å². The Kier molecular flexibility index (Phi) is 5.50. The average Bonchev–Trinajstić information content (AvgIpc) is 3.21. The molecule has 4 fully saturated rings. The number of likely N-dealkylation sites (tertiary alicyclic amines) is 1. The predicted octanol–water partition coefficient (Wildman–Crippen LogP) is 1.86. The van der Waals surface area contributed by atoms with Crippen LogP contribution >= 0.6 is 24.0 Å². The van der Waals surface area contributed by atoms with Crippen molar-refractivity contribution >= 4 is 29.9 Å². The summed E-state index contributed by atoms with van der Waals surface area (Å²) in [5.74, 6) is 2.51. The summed E-state index contributed by atoms with van der Waals surface area (Å²) in [6, 6.07) is 0. The highest BCUT2D eigenvalue weighted by atomic mass is 127. The van der Waals surface area contributed by atoms with Crippen LogP contribution in [0.15, 0.2) is 4.99 Å². The highest BCUT2D eigenvalue weighted by Gasteiger charge is 2.53. The van der Waals surface area contributed by atoms with Crippen molar-refractivity contribution in [3.8, 4) is 0 Å². The first kappa shape index (κ1) is 16.8. The van der Waals surface area contributed by atoms with Crippen molar-refractivity contribution in [2.45, 2.75) is 50.4 Å². The number of rotatable bonds is 2. The van der Waals surface area contributed by atoms with Crippen LogP contribution in [0.3, 0.4) is 0 Å². The van der Waals surface area contributed by atoms with Crippen molar-refractivity contribution in [2.75, 3.05) is 33.3 Å². The van der Waals surface area contributed by atoms with Gasteiger partial charge in [0.15, 0.2) is 5.96 Å². The van der Waals surface area contributed by atoms with Gasteiger partial charge in [0.1, 0.15) is 0 Å². The molecule has 0 aromatic carbocycles. The average molecular weight is 421 g/mol. The fourth-order valence-electron chi connectivity index (χ4n) is 4.64. The molecule has 0 aromatic heterocycles. The highest BCUT2D eigenvalue weighted by molar-refractivity contribution is 14.0. The van der Waals surface area contributed by atoms with Crippen molar-refractivity contribution in [3.05, 3.63) is 0 Å². The van der Waals surface area contributed by atoms with E-state index in [1.807, 2.05) is 7.05 Å². The predicted molar refractivity (Wildman–Crippen MR) is 96.8 cm³/mol. The zero-order chi connectivity index (χ0) is 14.2. The lowest BCUT2D eigenvalue weighted by molar-refractivity contribution is 0.0190. The van der Waals surface area contributed by atoms with E-state index >= 15 is 0 Å². The van der Waals surface area contributed by atoms with Crippen molar-refractivity contribution in [1.29, 1.82) is 0 Å². The zero-order valence-corrected chi connectivity index (χ0v) is 15.7. The standard InChI is InChI=1S/C16H27N3O2.HI/c1-17-16(18-8-11-4-2-3-7-20-11)19-9-12-13(10-19)15-6-5-14(12)21-15;/h11-15H,2-10H2,1H3,(H,17,18);1H. The Morgan fingerprint density at radius 3 is 2.45 bits per heavy atom. The number of hydrogen-bond acceptors (Lipinski definition) is 3. The van der Waals surface area contributed by atoms with E-state index in [4.69, 9.17) is 9.47 Å². The van der Waals surface area contributed by atoms with E-state index in [9.17, 15) is 0 Å². The number of guanidine groups is 1. The SMILES string of the molecule is CN=C(NCC1CCCCO1)N1CC2C3CCC(O3)C2C1.I. The molecule has 1 N–H and O–H groups in total. The maximum atomic E-state index is 6.05. The molecule has 4 heterocycles. The van der Waals surface area contributed by atoms with Crippen LogP contribution in [0.4, 0.5) is 0 Å². The lowest BCUT2D eigenvalue weighted by Crippen LogP contribution is -2.45. The van der Waals surface area contributed by atoms with E-state index in [2.05, 4.69) is 15.2 Å². The minimum Gasteiger partial charge on any atom is -0.376 e. The highest BCUT2D eigenvalue weighted by Crippen LogP contribution is 2.47. The van der Waals surface area contributed by atoms with Crippen LogP contribution in [0.2, 0.25) is 0 Å². The van der Waals surface area contributed by atoms with Gasteiger partial charge in [0.2, 0.25) is 0 Å². The minimum absolute atomic E-state index is 0. The van der Waals surface area contributed by atoms with Gasteiger partial charge in [-0.2, -0.15) is 0 Å². The van der Waals surface area contributed by atoms with Crippen LogP contribution in [-0.2, 0) is 9.47 Å². The van der Waals surface area contributed by atoms with E-state index < -0.39 is 0 Å². The normalized spacial score (nSPS) is 40.5. The number of aliphatic imine (C=N–C) groups is 1. The second-order valence-electron chi connectivity index (χ2n) is 6.94. The van der Waals surface area contributed by atoms with Gasteiger partial charge in [0.25, 0.3) is 0 Å². The third-order valence-corrected chi connectivity index (χ3v) is 5.73. The number of nitrogens with one attached hydrogen (secondary N) is 1. The summed E-state index contributed by atoms with van der Waals surface area (Å²) in [5, 5.41) is 3.53. The fourth-order valence-corrected chi connectivity index (χ4v) is 4.64. The molecule has 22 heavy (non-hydrogen) atoms. The molecule has 6 heteroatoms. The second-order valence-corrected chi connectivity index (χ2v) is 6.94. The third kappa shape index (κ3) is 3.11. The van der Waals surface area contributed by atoms with Crippen molar-refractivity contribution in [1.82, 2.24) is 10.2 Å². The summed E-state index contributed by atoms with van der Waals surface area (Å²) in [4.78, 5) is 6.92. The number of nitrogens with zero attached hydrogens (tertiary/aromatic N) is 2. The van der Waals surface area contributed by atoms with Crippen LogP contribution in [-0.4, -0.2) is 62.5 Å². The smallest absolute Gasteiger partial charge is 0.193 e. The molecule has 126 valence electrons. The largest absolute Gasteiger partial charge is 0.376 e. The molecule has 0 aromatic rings. The van der Waals surface area contributed by atoms with E-state index in [0.29, 0.717) is 18.3 Å². The molecular formula is C16H28IN3O2. The van der Waals surface area contributed by atoms with Crippen molar-refractivity contribution in [3.63, 3.8) is 0 Å². The molecule has 0 radical (unpaired) electrons. The molecule has 0 amide bonds. The summed E-state index contributed by atoms with van der Waals surface area (Å²) in [5.41, 5.74) is 0. The maximum absolute atomic E-state index is 6.05. The van der Waals surface area contributed by atoms with E-state index in [0.717, 1.165) is 44.0 Å². The molecule has 4 aliphatic heterocycles. The Balaban J connectivity index is 0.00000144. The Bertz CT molecular complexity index is 396. The lowest BCUT2D eigenvalue weighted by Gasteiger charge is -2.27. The van der Waals surface area contributed by atoms with Crippen LogP contribution in [0.1, 0.15) is 32.1 Å². The molecule has 4 rings (SSSR count). The van der Waals surface area contributed by atoms with Crippen LogP contribution < -0.4 is 5.32 Å². The van der Waals surface area contributed by atoms with Gasteiger partial charge in [-0.15, -0.1) is 24.0 Å². The summed E-state index contributed by atoms with van der Waals surface area (Å²) in [6.45, 7) is 4.02. The topological polar surface area (TPSA) is 46.1 Å². The zero-order valence-electron chi connectivity index (χ0n) is 13.4. The Labute approximate surface area is 150 Å². The second kappa shape index (κ2) is 7.21. The van der Waals surface area contributed by atoms with Crippen LogP contribution in [0.25, 0.3) is 0 Å².